The lowest BCUT2D eigenvalue weighted by atomic mass is 9.98. The summed E-state index contributed by atoms with van der Waals surface area (Å²) in [7, 11) is 0. The Labute approximate surface area is 114 Å². The van der Waals surface area contributed by atoms with E-state index >= 15 is 0 Å². The summed E-state index contributed by atoms with van der Waals surface area (Å²) in [6, 6.07) is 3.73. The third-order valence-electron chi connectivity index (χ3n) is 3.83. The predicted octanol–water partition coefficient (Wildman–Crippen LogP) is 4.27. The summed E-state index contributed by atoms with van der Waals surface area (Å²) in [5, 5.41) is 0.259. The van der Waals surface area contributed by atoms with Crippen LogP contribution < -0.4 is 0 Å². The van der Waals surface area contributed by atoms with Crippen molar-refractivity contribution in [3.8, 4) is 0 Å². The minimum Gasteiger partial charge on any atom is -0.299 e. The normalized spacial score (nSPS) is 18.2. The first-order valence-corrected chi connectivity index (χ1v) is 7.17. The van der Waals surface area contributed by atoms with Crippen molar-refractivity contribution in [1.29, 1.82) is 0 Å². The van der Waals surface area contributed by atoms with Crippen LogP contribution in [0.25, 0.3) is 0 Å². The van der Waals surface area contributed by atoms with E-state index < -0.39 is 0 Å². The fourth-order valence-electron chi connectivity index (χ4n) is 2.54. The van der Waals surface area contributed by atoms with Crippen LogP contribution in [0.15, 0.2) is 12.1 Å². The molecule has 1 aromatic carbocycles. The topological polar surface area (TPSA) is 3.24 Å². The van der Waals surface area contributed by atoms with Crippen molar-refractivity contribution < 1.29 is 4.39 Å². The SMILES string of the molecule is CCc1cc(CN2CCC(C)CC2)cc(Cl)c1F. The van der Waals surface area contributed by atoms with Gasteiger partial charge in [-0.3, -0.25) is 4.90 Å². The molecule has 18 heavy (non-hydrogen) atoms. The number of benzene rings is 1. The number of aryl methyl sites for hydroxylation is 1. The van der Waals surface area contributed by atoms with Crippen LogP contribution in [-0.4, -0.2) is 18.0 Å². The van der Waals surface area contributed by atoms with Crippen molar-refractivity contribution in [2.24, 2.45) is 5.92 Å². The molecule has 1 saturated heterocycles. The highest BCUT2D eigenvalue weighted by Crippen LogP contribution is 2.24. The van der Waals surface area contributed by atoms with Gasteiger partial charge in [0.15, 0.2) is 0 Å². The summed E-state index contributed by atoms with van der Waals surface area (Å²) in [6.07, 6.45) is 3.21. The summed E-state index contributed by atoms with van der Waals surface area (Å²) in [4.78, 5) is 2.43. The van der Waals surface area contributed by atoms with Gasteiger partial charge in [-0.05, 0) is 55.5 Å². The molecule has 1 aliphatic rings. The molecule has 0 bridgehead atoms. The van der Waals surface area contributed by atoms with Crippen LogP contribution in [0.2, 0.25) is 5.02 Å². The van der Waals surface area contributed by atoms with Gasteiger partial charge in [-0.15, -0.1) is 0 Å². The maximum Gasteiger partial charge on any atom is 0.144 e. The molecule has 1 aliphatic heterocycles. The number of nitrogens with zero attached hydrogens (tertiary/aromatic N) is 1. The van der Waals surface area contributed by atoms with Crippen molar-refractivity contribution in [2.45, 2.75) is 39.7 Å². The van der Waals surface area contributed by atoms with Gasteiger partial charge in [0.25, 0.3) is 0 Å². The van der Waals surface area contributed by atoms with Crippen LogP contribution >= 0.6 is 11.6 Å². The lowest BCUT2D eigenvalue weighted by molar-refractivity contribution is 0.185. The second kappa shape index (κ2) is 6.03. The smallest absolute Gasteiger partial charge is 0.144 e. The Bertz CT molecular complexity index is 411. The Balaban J connectivity index is 2.07. The highest BCUT2D eigenvalue weighted by molar-refractivity contribution is 6.30. The molecule has 0 saturated carbocycles. The van der Waals surface area contributed by atoms with Crippen molar-refractivity contribution in [1.82, 2.24) is 4.90 Å². The fourth-order valence-corrected chi connectivity index (χ4v) is 2.80. The zero-order chi connectivity index (χ0) is 13.1. The van der Waals surface area contributed by atoms with Gasteiger partial charge in [-0.25, -0.2) is 4.39 Å². The zero-order valence-corrected chi connectivity index (χ0v) is 11.9. The van der Waals surface area contributed by atoms with E-state index in [-0.39, 0.29) is 10.8 Å². The third kappa shape index (κ3) is 3.24. The summed E-state index contributed by atoms with van der Waals surface area (Å²) in [6.45, 7) is 7.43. The average molecular weight is 270 g/mol. The van der Waals surface area contributed by atoms with Gasteiger partial charge < -0.3 is 0 Å². The number of hydrogen-bond acceptors (Lipinski definition) is 1. The number of hydrogen-bond donors (Lipinski definition) is 0. The molecule has 0 atom stereocenters. The van der Waals surface area contributed by atoms with Gasteiger partial charge in [0.05, 0.1) is 5.02 Å². The standard InChI is InChI=1S/C15H21ClFN/c1-3-13-8-12(9-14(16)15(13)17)10-18-6-4-11(2)5-7-18/h8-9,11H,3-7,10H2,1-2H3. The number of piperidine rings is 1. The molecule has 0 radical (unpaired) electrons. The quantitative estimate of drug-likeness (QED) is 0.792. The number of halogens is 2. The summed E-state index contributed by atoms with van der Waals surface area (Å²) in [5.74, 6) is 0.583. The highest BCUT2D eigenvalue weighted by atomic mass is 35.5. The molecule has 1 nitrogen and oxygen atoms in total. The molecule has 1 aromatic rings. The molecule has 100 valence electrons. The van der Waals surface area contributed by atoms with Crippen LogP contribution in [0, 0.1) is 11.7 Å². The monoisotopic (exact) mass is 269 g/mol. The van der Waals surface area contributed by atoms with Crippen molar-refractivity contribution in [2.75, 3.05) is 13.1 Å². The fraction of sp³-hybridized carbons (Fsp3) is 0.600. The number of likely N-dealkylation sites (tertiary alicyclic amines) is 1. The number of rotatable bonds is 3. The van der Waals surface area contributed by atoms with Gasteiger partial charge in [-0.1, -0.05) is 31.5 Å². The van der Waals surface area contributed by atoms with E-state index in [1.807, 2.05) is 13.0 Å². The van der Waals surface area contributed by atoms with E-state index in [2.05, 4.69) is 11.8 Å². The second-order valence-electron chi connectivity index (χ2n) is 5.36. The first kappa shape index (κ1) is 13.8. The molecule has 0 amide bonds. The maximum atomic E-state index is 13.7. The average Bonchev–Trinajstić information content (AvgIpc) is 2.36. The first-order valence-electron chi connectivity index (χ1n) is 6.79. The molecule has 1 heterocycles. The Morgan fingerprint density at radius 1 is 1.33 bits per heavy atom. The summed E-state index contributed by atoms with van der Waals surface area (Å²) >= 11 is 5.95. The van der Waals surface area contributed by atoms with E-state index in [4.69, 9.17) is 11.6 Å². The summed E-state index contributed by atoms with van der Waals surface area (Å²) < 4.78 is 13.7. The van der Waals surface area contributed by atoms with Crippen LogP contribution in [0.3, 0.4) is 0 Å². The van der Waals surface area contributed by atoms with Crippen molar-refractivity contribution in [3.63, 3.8) is 0 Å². The molecule has 0 aliphatic carbocycles. The van der Waals surface area contributed by atoms with E-state index in [1.165, 1.54) is 12.8 Å². The summed E-state index contributed by atoms with van der Waals surface area (Å²) in [5.41, 5.74) is 1.86. The molecular formula is C15H21ClFN. The molecular weight excluding hydrogens is 249 g/mol. The van der Waals surface area contributed by atoms with Gasteiger partial charge in [-0.2, -0.15) is 0 Å². The minimum absolute atomic E-state index is 0.254. The van der Waals surface area contributed by atoms with Crippen LogP contribution in [0.5, 0.6) is 0 Å². The zero-order valence-electron chi connectivity index (χ0n) is 11.2. The molecule has 2 rings (SSSR count). The molecule has 3 heteroatoms. The molecule has 0 N–H and O–H groups in total. The largest absolute Gasteiger partial charge is 0.299 e. The highest BCUT2D eigenvalue weighted by Gasteiger charge is 2.16. The van der Waals surface area contributed by atoms with Crippen LogP contribution in [-0.2, 0) is 13.0 Å². The van der Waals surface area contributed by atoms with E-state index in [1.54, 1.807) is 6.07 Å². The minimum atomic E-state index is -0.254. The Hall–Kier alpha value is -0.600. The second-order valence-corrected chi connectivity index (χ2v) is 5.77. The third-order valence-corrected chi connectivity index (χ3v) is 4.10. The Morgan fingerprint density at radius 2 is 2.00 bits per heavy atom. The molecule has 0 aromatic heterocycles. The first-order chi connectivity index (χ1) is 8.60. The predicted molar refractivity (Wildman–Crippen MR) is 74.5 cm³/mol. The van der Waals surface area contributed by atoms with Gasteiger partial charge >= 0.3 is 0 Å². The van der Waals surface area contributed by atoms with E-state index in [9.17, 15) is 4.39 Å². The van der Waals surface area contributed by atoms with Crippen LogP contribution in [0.1, 0.15) is 37.8 Å². The maximum absolute atomic E-state index is 13.7. The molecule has 1 fully saturated rings. The van der Waals surface area contributed by atoms with Gasteiger partial charge in [0.2, 0.25) is 0 Å². The van der Waals surface area contributed by atoms with Crippen molar-refractivity contribution in [3.05, 3.63) is 34.1 Å². The Morgan fingerprint density at radius 3 is 2.61 bits per heavy atom. The van der Waals surface area contributed by atoms with Crippen molar-refractivity contribution >= 4 is 11.6 Å². The Kier molecular flexibility index (Phi) is 4.63. The molecule has 0 spiro atoms. The van der Waals surface area contributed by atoms with E-state index in [0.717, 1.165) is 36.7 Å². The van der Waals surface area contributed by atoms with Crippen LogP contribution in [0.4, 0.5) is 4.39 Å². The van der Waals surface area contributed by atoms with E-state index in [0.29, 0.717) is 6.42 Å². The van der Waals surface area contributed by atoms with Gasteiger partial charge in [0.1, 0.15) is 5.82 Å². The van der Waals surface area contributed by atoms with Gasteiger partial charge in [0, 0.05) is 6.54 Å². The molecule has 0 unspecified atom stereocenters. The lowest BCUT2D eigenvalue weighted by Crippen LogP contribution is -2.32. The lowest BCUT2D eigenvalue weighted by Gasteiger charge is -2.30.